The number of hydrogen-bond donors (Lipinski definition) is 2. The SMILES string of the molecule is O=C(NCCO)c1ccc(OCc2noc(-c3ccc(C(F)(F)F)cc3)n2)cc1. The number of aliphatic hydroxyl groups excluding tert-OH is 1. The molecule has 0 radical (unpaired) electrons. The molecule has 1 aromatic heterocycles. The number of aliphatic hydroxyl groups is 1. The van der Waals surface area contributed by atoms with Crippen molar-refractivity contribution < 1.29 is 32.3 Å². The van der Waals surface area contributed by atoms with Crippen LogP contribution >= 0.6 is 0 Å². The number of nitrogens with zero attached hydrogens (tertiary/aromatic N) is 2. The van der Waals surface area contributed by atoms with E-state index in [0.29, 0.717) is 16.9 Å². The molecule has 3 rings (SSSR count). The summed E-state index contributed by atoms with van der Waals surface area (Å²) in [6, 6.07) is 10.7. The van der Waals surface area contributed by atoms with Gasteiger partial charge in [0.05, 0.1) is 12.2 Å². The first-order valence-corrected chi connectivity index (χ1v) is 8.49. The summed E-state index contributed by atoms with van der Waals surface area (Å²) < 4.78 is 48.4. The number of carbonyl (C=O) groups excluding carboxylic acids is 1. The van der Waals surface area contributed by atoms with Crippen molar-refractivity contribution in [3.05, 3.63) is 65.5 Å². The number of alkyl halides is 3. The van der Waals surface area contributed by atoms with E-state index < -0.39 is 11.7 Å². The summed E-state index contributed by atoms with van der Waals surface area (Å²) in [6.07, 6.45) is -4.42. The zero-order chi connectivity index (χ0) is 20.9. The zero-order valence-electron chi connectivity index (χ0n) is 14.9. The number of amides is 1. The third-order valence-electron chi connectivity index (χ3n) is 3.81. The maximum atomic E-state index is 12.6. The van der Waals surface area contributed by atoms with E-state index in [-0.39, 0.29) is 37.4 Å². The minimum absolute atomic E-state index is 0.0276. The lowest BCUT2D eigenvalue weighted by Crippen LogP contribution is -2.26. The molecule has 0 aliphatic heterocycles. The van der Waals surface area contributed by atoms with Crippen molar-refractivity contribution in [3.8, 4) is 17.2 Å². The first-order chi connectivity index (χ1) is 13.9. The van der Waals surface area contributed by atoms with Crippen molar-refractivity contribution in [2.45, 2.75) is 12.8 Å². The third-order valence-corrected chi connectivity index (χ3v) is 3.81. The second kappa shape index (κ2) is 8.74. The molecule has 0 aliphatic rings. The van der Waals surface area contributed by atoms with Gasteiger partial charge in [-0.05, 0) is 48.5 Å². The van der Waals surface area contributed by atoms with Crippen LogP contribution in [0.4, 0.5) is 13.2 Å². The standard InChI is InChI=1S/C19H16F3N3O4/c20-19(21,22)14-5-1-13(2-6-14)18-24-16(25-29-18)11-28-15-7-3-12(4-8-15)17(27)23-9-10-26/h1-8,26H,9-11H2,(H,23,27). The third kappa shape index (κ3) is 5.32. The largest absolute Gasteiger partial charge is 0.485 e. The molecule has 2 aromatic carbocycles. The van der Waals surface area contributed by atoms with E-state index in [1.807, 2.05) is 0 Å². The van der Waals surface area contributed by atoms with Crippen LogP contribution in [0.3, 0.4) is 0 Å². The van der Waals surface area contributed by atoms with Crippen molar-refractivity contribution in [3.63, 3.8) is 0 Å². The van der Waals surface area contributed by atoms with Crippen LogP contribution < -0.4 is 10.1 Å². The highest BCUT2D eigenvalue weighted by Gasteiger charge is 2.30. The summed E-state index contributed by atoms with van der Waals surface area (Å²) >= 11 is 0. The van der Waals surface area contributed by atoms with Gasteiger partial charge >= 0.3 is 6.18 Å². The molecular weight excluding hydrogens is 391 g/mol. The Bertz CT molecular complexity index is 954. The Kier molecular flexibility index (Phi) is 6.13. The molecule has 7 nitrogen and oxygen atoms in total. The van der Waals surface area contributed by atoms with Gasteiger partial charge in [-0.2, -0.15) is 18.2 Å². The normalized spacial score (nSPS) is 11.3. The van der Waals surface area contributed by atoms with E-state index in [1.165, 1.54) is 12.1 Å². The number of hydrogen-bond acceptors (Lipinski definition) is 6. The summed E-state index contributed by atoms with van der Waals surface area (Å²) in [5.74, 6) is 0.437. The predicted molar refractivity (Wildman–Crippen MR) is 94.9 cm³/mol. The van der Waals surface area contributed by atoms with Gasteiger partial charge in [-0.3, -0.25) is 4.79 Å². The number of rotatable bonds is 7. The summed E-state index contributed by atoms with van der Waals surface area (Å²) in [6.45, 7) is -0.0114. The van der Waals surface area contributed by atoms with Crippen LogP contribution in [0, 0.1) is 0 Å². The first-order valence-electron chi connectivity index (χ1n) is 8.49. The maximum absolute atomic E-state index is 12.6. The summed E-state index contributed by atoms with van der Waals surface area (Å²) in [5, 5.41) is 15.0. The van der Waals surface area contributed by atoms with Gasteiger partial charge < -0.3 is 19.7 Å². The smallest absolute Gasteiger partial charge is 0.416 e. The van der Waals surface area contributed by atoms with E-state index >= 15 is 0 Å². The molecule has 0 aliphatic carbocycles. The van der Waals surface area contributed by atoms with Crippen LogP contribution in [0.25, 0.3) is 11.5 Å². The lowest BCUT2D eigenvalue weighted by atomic mass is 10.1. The fourth-order valence-electron chi connectivity index (χ4n) is 2.35. The highest BCUT2D eigenvalue weighted by atomic mass is 19.4. The van der Waals surface area contributed by atoms with E-state index in [0.717, 1.165) is 12.1 Å². The molecule has 0 unspecified atom stereocenters. The fourth-order valence-corrected chi connectivity index (χ4v) is 2.35. The van der Waals surface area contributed by atoms with Gasteiger partial charge in [0.25, 0.3) is 11.8 Å². The molecule has 0 atom stereocenters. The molecule has 0 fully saturated rings. The molecule has 0 saturated heterocycles. The molecular formula is C19H16F3N3O4. The van der Waals surface area contributed by atoms with Crippen LogP contribution in [0.5, 0.6) is 5.75 Å². The average Bonchev–Trinajstić information content (AvgIpc) is 3.19. The van der Waals surface area contributed by atoms with Gasteiger partial charge in [-0.15, -0.1) is 0 Å². The van der Waals surface area contributed by atoms with Gasteiger partial charge in [0.15, 0.2) is 6.61 Å². The second-order valence-electron chi connectivity index (χ2n) is 5.88. The minimum Gasteiger partial charge on any atom is -0.485 e. The molecule has 10 heteroatoms. The Morgan fingerprint density at radius 1 is 1.10 bits per heavy atom. The predicted octanol–water partition coefficient (Wildman–Crippen LogP) is 3.06. The Hall–Kier alpha value is -3.40. The maximum Gasteiger partial charge on any atom is 0.416 e. The highest BCUT2D eigenvalue weighted by Crippen LogP contribution is 2.30. The van der Waals surface area contributed by atoms with Crippen molar-refractivity contribution in [1.82, 2.24) is 15.5 Å². The summed E-state index contributed by atoms with van der Waals surface area (Å²) in [4.78, 5) is 15.8. The van der Waals surface area contributed by atoms with E-state index in [9.17, 15) is 18.0 Å². The monoisotopic (exact) mass is 407 g/mol. The summed E-state index contributed by atoms with van der Waals surface area (Å²) in [5.41, 5.74) is 0.00255. The molecule has 152 valence electrons. The quantitative estimate of drug-likeness (QED) is 0.625. The van der Waals surface area contributed by atoms with Gasteiger partial charge in [0, 0.05) is 17.7 Å². The van der Waals surface area contributed by atoms with Gasteiger partial charge in [-0.25, -0.2) is 0 Å². The van der Waals surface area contributed by atoms with Crippen molar-refractivity contribution >= 4 is 5.91 Å². The Morgan fingerprint density at radius 2 is 1.79 bits per heavy atom. The molecule has 1 amide bonds. The summed E-state index contributed by atoms with van der Waals surface area (Å²) in [7, 11) is 0. The molecule has 0 saturated carbocycles. The molecule has 0 bridgehead atoms. The van der Waals surface area contributed by atoms with E-state index in [2.05, 4.69) is 15.5 Å². The fraction of sp³-hybridized carbons (Fsp3) is 0.211. The van der Waals surface area contributed by atoms with Crippen molar-refractivity contribution in [2.75, 3.05) is 13.2 Å². The van der Waals surface area contributed by atoms with Crippen molar-refractivity contribution in [1.29, 1.82) is 0 Å². The lowest BCUT2D eigenvalue weighted by Gasteiger charge is -2.06. The van der Waals surface area contributed by atoms with Crippen LogP contribution in [-0.4, -0.2) is 34.3 Å². The van der Waals surface area contributed by atoms with Crippen LogP contribution in [0.2, 0.25) is 0 Å². The number of ether oxygens (including phenoxy) is 1. The molecule has 3 aromatic rings. The van der Waals surface area contributed by atoms with E-state index in [4.69, 9.17) is 14.4 Å². The number of nitrogens with one attached hydrogen (secondary N) is 1. The Balaban J connectivity index is 1.58. The van der Waals surface area contributed by atoms with Gasteiger partial charge in [0.2, 0.25) is 5.82 Å². The topological polar surface area (TPSA) is 97.5 Å². The Labute approximate surface area is 163 Å². The Morgan fingerprint density at radius 3 is 2.41 bits per heavy atom. The number of halogens is 3. The van der Waals surface area contributed by atoms with Crippen LogP contribution in [0.1, 0.15) is 21.7 Å². The average molecular weight is 407 g/mol. The van der Waals surface area contributed by atoms with Crippen LogP contribution in [-0.2, 0) is 12.8 Å². The molecule has 0 spiro atoms. The number of carbonyl (C=O) groups is 1. The lowest BCUT2D eigenvalue weighted by molar-refractivity contribution is -0.137. The minimum atomic E-state index is -4.42. The highest BCUT2D eigenvalue weighted by molar-refractivity contribution is 5.94. The number of benzene rings is 2. The molecule has 1 heterocycles. The number of aromatic nitrogens is 2. The van der Waals surface area contributed by atoms with Gasteiger partial charge in [-0.1, -0.05) is 5.16 Å². The van der Waals surface area contributed by atoms with Gasteiger partial charge in [0.1, 0.15) is 5.75 Å². The van der Waals surface area contributed by atoms with E-state index in [1.54, 1.807) is 24.3 Å². The second-order valence-corrected chi connectivity index (χ2v) is 5.88. The molecule has 2 N–H and O–H groups in total. The first kappa shape index (κ1) is 20.3. The van der Waals surface area contributed by atoms with Crippen molar-refractivity contribution in [2.24, 2.45) is 0 Å². The molecule has 29 heavy (non-hydrogen) atoms. The van der Waals surface area contributed by atoms with Crippen LogP contribution in [0.15, 0.2) is 53.1 Å². The zero-order valence-corrected chi connectivity index (χ0v) is 14.9.